The van der Waals surface area contributed by atoms with E-state index in [-0.39, 0.29) is 18.5 Å². The number of esters is 1. The third kappa shape index (κ3) is 67.9. The highest BCUT2D eigenvalue weighted by Gasteiger charge is 2.20. The molecule has 0 aliphatic heterocycles. The van der Waals surface area contributed by atoms with Crippen LogP contribution in [0.3, 0.4) is 0 Å². The van der Waals surface area contributed by atoms with Crippen molar-refractivity contribution in [3.63, 3.8) is 0 Å². The van der Waals surface area contributed by atoms with Gasteiger partial charge in [-0.05, 0) is 25.7 Å². The number of nitrogens with one attached hydrogen (secondary N) is 1. The number of unbranched alkanes of at least 4 members (excludes halogenated alkanes) is 61. The van der Waals surface area contributed by atoms with Crippen molar-refractivity contribution in [2.45, 2.75) is 456 Å². The van der Waals surface area contributed by atoms with Crippen LogP contribution in [0.4, 0.5) is 0 Å². The van der Waals surface area contributed by atoms with Crippen LogP contribution >= 0.6 is 0 Å². The molecule has 0 saturated carbocycles. The average Bonchev–Trinajstić information content (AvgIpc) is 3.47. The van der Waals surface area contributed by atoms with Crippen LogP contribution in [-0.2, 0) is 14.3 Å². The SMILES string of the molecule is CCCCCCCCCCCCCCCCCCCCCC(=O)OCCCCCCCCCCCCCCCCCCCCCCCCCCCCCCCCCCCCCC(=O)NC(CO)C(O)CCCCCCCCCCCC. The van der Waals surface area contributed by atoms with Gasteiger partial charge in [0.1, 0.15) is 0 Å². The number of ether oxygens (including phenoxy) is 1. The van der Waals surface area contributed by atoms with Gasteiger partial charge in [-0.25, -0.2) is 0 Å². The second-order valence-electron chi connectivity index (χ2n) is 26.4. The Morgan fingerprint density at radius 1 is 0.296 bits per heavy atom. The van der Waals surface area contributed by atoms with Crippen molar-refractivity contribution >= 4 is 11.9 Å². The van der Waals surface area contributed by atoms with Crippen LogP contribution in [-0.4, -0.2) is 47.4 Å². The number of hydrogen-bond donors (Lipinski definition) is 3. The zero-order valence-electron chi connectivity index (χ0n) is 55.6. The van der Waals surface area contributed by atoms with Crippen molar-refractivity contribution in [3.05, 3.63) is 0 Å². The fourth-order valence-electron chi connectivity index (χ4n) is 12.4. The van der Waals surface area contributed by atoms with Crippen LogP contribution in [0.5, 0.6) is 0 Å². The van der Waals surface area contributed by atoms with Gasteiger partial charge in [-0.2, -0.15) is 0 Å². The smallest absolute Gasteiger partial charge is 0.305 e. The number of aliphatic hydroxyl groups is 2. The highest BCUT2D eigenvalue weighted by Crippen LogP contribution is 2.20. The maximum Gasteiger partial charge on any atom is 0.305 e. The van der Waals surface area contributed by atoms with E-state index in [9.17, 15) is 19.8 Å². The molecular weight excluding hydrogens is 995 g/mol. The number of amides is 1. The van der Waals surface area contributed by atoms with E-state index in [2.05, 4.69) is 19.2 Å². The molecule has 0 aromatic carbocycles. The summed E-state index contributed by atoms with van der Waals surface area (Å²) in [5, 5.41) is 23.2. The predicted octanol–water partition coefficient (Wildman–Crippen LogP) is 24.5. The predicted molar refractivity (Wildman–Crippen MR) is 357 cm³/mol. The van der Waals surface area contributed by atoms with Crippen molar-refractivity contribution in [3.8, 4) is 0 Å². The van der Waals surface area contributed by atoms with Crippen molar-refractivity contribution in [2.24, 2.45) is 0 Å². The standard InChI is InChI=1S/C75H149NO5/c1-3-5-7-9-11-13-15-16-17-18-36-40-43-46-49-53-57-61-65-69-75(80)81-70-66-62-58-54-50-47-44-41-38-35-33-31-29-27-25-23-21-19-20-22-24-26-28-30-32-34-37-39-42-45-48-52-56-60-64-68-74(79)76-72(71-77)73(78)67-63-59-55-51-14-12-10-8-6-4-2/h72-73,77-78H,3-71H2,1-2H3,(H,76,79). The van der Waals surface area contributed by atoms with Gasteiger partial charge in [0.2, 0.25) is 5.91 Å². The molecule has 81 heavy (non-hydrogen) atoms. The first-order valence-corrected chi connectivity index (χ1v) is 37.8. The number of aliphatic hydroxyl groups excluding tert-OH is 2. The van der Waals surface area contributed by atoms with Crippen molar-refractivity contribution in [1.82, 2.24) is 5.32 Å². The van der Waals surface area contributed by atoms with Gasteiger partial charge >= 0.3 is 5.97 Å². The highest BCUT2D eigenvalue weighted by atomic mass is 16.5. The number of rotatable bonds is 72. The Bertz CT molecular complexity index is 1180. The Hall–Kier alpha value is -1.14. The van der Waals surface area contributed by atoms with Gasteiger partial charge in [0.25, 0.3) is 0 Å². The van der Waals surface area contributed by atoms with Gasteiger partial charge in [0.15, 0.2) is 0 Å². The van der Waals surface area contributed by atoms with Gasteiger partial charge in [0, 0.05) is 12.8 Å². The molecule has 0 rings (SSSR count). The monoisotopic (exact) mass is 1140 g/mol. The minimum absolute atomic E-state index is 0.0285. The molecule has 6 heteroatoms. The summed E-state index contributed by atoms with van der Waals surface area (Å²) in [5.41, 5.74) is 0. The third-order valence-electron chi connectivity index (χ3n) is 18.2. The van der Waals surface area contributed by atoms with Gasteiger partial charge in [0.05, 0.1) is 25.4 Å². The largest absolute Gasteiger partial charge is 0.466 e. The van der Waals surface area contributed by atoms with E-state index in [0.29, 0.717) is 25.9 Å². The fraction of sp³-hybridized carbons (Fsp3) is 0.973. The van der Waals surface area contributed by atoms with Crippen molar-refractivity contribution in [1.29, 1.82) is 0 Å². The van der Waals surface area contributed by atoms with Crippen LogP contribution in [0, 0.1) is 0 Å². The molecule has 0 aliphatic rings. The fourth-order valence-corrected chi connectivity index (χ4v) is 12.4. The van der Waals surface area contributed by atoms with Gasteiger partial charge in [-0.3, -0.25) is 9.59 Å². The molecule has 0 aromatic heterocycles. The molecule has 0 spiro atoms. The maximum atomic E-state index is 12.5. The minimum atomic E-state index is -0.657. The van der Waals surface area contributed by atoms with Crippen LogP contribution in [0.15, 0.2) is 0 Å². The lowest BCUT2D eigenvalue weighted by molar-refractivity contribution is -0.143. The summed E-state index contributed by atoms with van der Waals surface area (Å²) in [7, 11) is 0. The minimum Gasteiger partial charge on any atom is -0.466 e. The normalized spacial score (nSPS) is 12.4. The summed E-state index contributed by atoms with van der Waals surface area (Å²) < 4.78 is 5.52. The molecule has 2 unspecified atom stereocenters. The first-order chi connectivity index (χ1) is 40.0. The van der Waals surface area contributed by atoms with Crippen LogP contribution in [0.2, 0.25) is 0 Å². The van der Waals surface area contributed by atoms with Crippen LogP contribution in [0.1, 0.15) is 444 Å². The summed E-state index contributed by atoms with van der Waals surface area (Å²) in [6.07, 6.45) is 87.7. The molecule has 2 atom stereocenters. The van der Waals surface area contributed by atoms with E-state index in [1.165, 1.54) is 372 Å². The lowest BCUT2D eigenvalue weighted by Gasteiger charge is -2.22. The summed E-state index contributed by atoms with van der Waals surface area (Å²) in [6.45, 7) is 4.99. The zero-order valence-corrected chi connectivity index (χ0v) is 55.6. The first kappa shape index (κ1) is 79.9. The Morgan fingerprint density at radius 2 is 0.506 bits per heavy atom. The molecular formula is C75H149NO5. The number of hydrogen-bond acceptors (Lipinski definition) is 5. The average molecular weight is 1150 g/mol. The molecule has 0 heterocycles. The Balaban J connectivity index is 3.25. The third-order valence-corrected chi connectivity index (χ3v) is 18.2. The van der Waals surface area contributed by atoms with E-state index >= 15 is 0 Å². The van der Waals surface area contributed by atoms with Crippen molar-refractivity contribution < 1.29 is 24.5 Å². The van der Waals surface area contributed by atoms with Gasteiger partial charge in [-0.1, -0.05) is 406 Å². The van der Waals surface area contributed by atoms with E-state index in [1.54, 1.807) is 0 Å². The molecule has 0 saturated heterocycles. The molecule has 1 amide bonds. The molecule has 0 bridgehead atoms. The van der Waals surface area contributed by atoms with E-state index in [1.807, 2.05) is 0 Å². The zero-order chi connectivity index (χ0) is 58.5. The van der Waals surface area contributed by atoms with E-state index in [4.69, 9.17) is 4.74 Å². The van der Waals surface area contributed by atoms with E-state index < -0.39 is 12.1 Å². The lowest BCUT2D eigenvalue weighted by atomic mass is 10.0. The lowest BCUT2D eigenvalue weighted by Crippen LogP contribution is -2.45. The van der Waals surface area contributed by atoms with Gasteiger partial charge < -0.3 is 20.3 Å². The van der Waals surface area contributed by atoms with E-state index in [0.717, 1.165) is 38.5 Å². The van der Waals surface area contributed by atoms with Crippen LogP contribution in [0.25, 0.3) is 0 Å². The molecule has 0 aromatic rings. The highest BCUT2D eigenvalue weighted by molar-refractivity contribution is 5.76. The topological polar surface area (TPSA) is 95.9 Å². The Labute approximate surface area is 508 Å². The quantitative estimate of drug-likeness (QED) is 0.0417. The summed E-state index contributed by atoms with van der Waals surface area (Å²) in [4.78, 5) is 24.6. The second kappa shape index (κ2) is 71.3. The summed E-state index contributed by atoms with van der Waals surface area (Å²) in [5.74, 6) is 0.000140. The second-order valence-corrected chi connectivity index (χ2v) is 26.4. The van der Waals surface area contributed by atoms with Gasteiger partial charge in [-0.15, -0.1) is 0 Å². The number of carbonyl (C=O) groups is 2. The molecule has 3 N–H and O–H groups in total. The molecule has 0 fully saturated rings. The maximum absolute atomic E-state index is 12.5. The molecule has 6 nitrogen and oxygen atoms in total. The molecule has 484 valence electrons. The summed E-state index contributed by atoms with van der Waals surface area (Å²) in [6, 6.07) is -0.534. The van der Waals surface area contributed by atoms with Crippen LogP contribution < -0.4 is 5.32 Å². The number of carbonyl (C=O) groups excluding carboxylic acids is 2. The Kier molecular flexibility index (Phi) is 70.3. The Morgan fingerprint density at radius 3 is 0.753 bits per heavy atom. The molecule has 0 radical (unpaired) electrons. The summed E-state index contributed by atoms with van der Waals surface area (Å²) >= 11 is 0. The first-order valence-electron chi connectivity index (χ1n) is 37.8. The molecule has 0 aliphatic carbocycles. The van der Waals surface area contributed by atoms with Crippen molar-refractivity contribution in [2.75, 3.05) is 13.2 Å².